The van der Waals surface area contributed by atoms with E-state index >= 15 is 0 Å². The number of imidazole rings is 1. The average molecular weight is 268 g/mol. The van der Waals surface area contributed by atoms with Crippen LogP contribution in [0.2, 0.25) is 0 Å². The molecule has 0 aliphatic rings. The Bertz CT molecular complexity index is 698. The van der Waals surface area contributed by atoms with Gasteiger partial charge in [-0.25, -0.2) is 4.98 Å². The molecule has 0 bridgehead atoms. The molecule has 3 heterocycles. The standard InChI is InChI=1S/C14H16N6/c1-3-20-17-11(2)13(18-20)8-19-9-14(16-10-19)12-4-6-15-7-5-12/h4-7,9-10H,3,8H2,1-2H3. The van der Waals surface area contributed by atoms with Crippen molar-refractivity contribution in [3.05, 3.63) is 48.4 Å². The van der Waals surface area contributed by atoms with Gasteiger partial charge in [0.15, 0.2) is 0 Å². The molecule has 0 N–H and O–H groups in total. The Labute approximate surface area is 117 Å². The van der Waals surface area contributed by atoms with Gasteiger partial charge in [0.1, 0.15) is 5.69 Å². The SMILES string of the molecule is CCn1nc(C)c(Cn2cnc(-c3ccncc3)c2)n1. The van der Waals surface area contributed by atoms with E-state index in [4.69, 9.17) is 0 Å². The smallest absolute Gasteiger partial charge is 0.105 e. The largest absolute Gasteiger partial charge is 0.331 e. The summed E-state index contributed by atoms with van der Waals surface area (Å²) >= 11 is 0. The molecule has 0 aliphatic heterocycles. The summed E-state index contributed by atoms with van der Waals surface area (Å²) < 4.78 is 2.02. The minimum Gasteiger partial charge on any atom is -0.331 e. The van der Waals surface area contributed by atoms with Crippen molar-refractivity contribution in [2.45, 2.75) is 26.9 Å². The van der Waals surface area contributed by atoms with Gasteiger partial charge in [-0.15, -0.1) is 0 Å². The van der Waals surface area contributed by atoms with Crippen LogP contribution in [0.4, 0.5) is 0 Å². The van der Waals surface area contributed by atoms with Crippen LogP contribution in [0.3, 0.4) is 0 Å². The molecule has 102 valence electrons. The normalized spacial score (nSPS) is 10.9. The highest BCUT2D eigenvalue weighted by Crippen LogP contribution is 2.16. The number of aryl methyl sites for hydroxylation is 2. The van der Waals surface area contributed by atoms with Gasteiger partial charge in [0, 0.05) is 24.2 Å². The van der Waals surface area contributed by atoms with Crippen molar-refractivity contribution in [1.82, 2.24) is 29.5 Å². The first-order valence-corrected chi connectivity index (χ1v) is 6.59. The highest BCUT2D eigenvalue weighted by atomic mass is 15.5. The zero-order valence-corrected chi connectivity index (χ0v) is 11.6. The summed E-state index contributed by atoms with van der Waals surface area (Å²) in [7, 11) is 0. The molecule has 0 fully saturated rings. The topological polar surface area (TPSA) is 61.4 Å². The third kappa shape index (κ3) is 2.45. The van der Waals surface area contributed by atoms with Crippen LogP contribution in [-0.4, -0.2) is 29.5 Å². The minimum absolute atomic E-state index is 0.684. The Kier molecular flexibility index (Phi) is 3.28. The first kappa shape index (κ1) is 12.5. The predicted molar refractivity (Wildman–Crippen MR) is 75.0 cm³/mol. The fraction of sp³-hybridized carbons (Fsp3) is 0.286. The Hall–Kier alpha value is -2.50. The van der Waals surface area contributed by atoms with Gasteiger partial charge in [-0.2, -0.15) is 15.0 Å². The highest BCUT2D eigenvalue weighted by molar-refractivity contribution is 5.56. The van der Waals surface area contributed by atoms with E-state index in [0.29, 0.717) is 6.54 Å². The molecule has 20 heavy (non-hydrogen) atoms. The van der Waals surface area contributed by atoms with Gasteiger partial charge < -0.3 is 4.57 Å². The molecule has 3 rings (SSSR count). The number of nitrogens with zero attached hydrogens (tertiary/aromatic N) is 6. The van der Waals surface area contributed by atoms with Crippen molar-refractivity contribution in [2.75, 3.05) is 0 Å². The van der Waals surface area contributed by atoms with Crippen molar-refractivity contribution in [1.29, 1.82) is 0 Å². The quantitative estimate of drug-likeness (QED) is 0.725. The zero-order valence-electron chi connectivity index (χ0n) is 11.6. The number of hydrogen-bond donors (Lipinski definition) is 0. The van der Waals surface area contributed by atoms with Crippen LogP contribution in [0.1, 0.15) is 18.3 Å². The molecule has 0 aliphatic carbocycles. The van der Waals surface area contributed by atoms with Gasteiger partial charge in [0.05, 0.1) is 30.8 Å². The molecule has 0 amide bonds. The number of pyridine rings is 1. The molecule has 3 aromatic heterocycles. The third-order valence-electron chi connectivity index (χ3n) is 3.14. The third-order valence-corrected chi connectivity index (χ3v) is 3.14. The van der Waals surface area contributed by atoms with Gasteiger partial charge >= 0.3 is 0 Å². The van der Waals surface area contributed by atoms with E-state index in [0.717, 1.165) is 29.2 Å². The second-order valence-corrected chi connectivity index (χ2v) is 4.59. The molecular weight excluding hydrogens is 252 g/mol. The Morgan fingerprint density at radius 2 is 1.95 bits per heavy atom. The van der Waals surface area contributed by atoms with Gasteiger partial charge in [-0.05, 0) is 26.0 Å². The van der Waals surface area contributed by atoms with Gasteiger partial charge in [-0.3, -0.25) is 4.98 Å². The maximum Gasteiger partial charge on any atom is 0.105 e. The van der Waals surface area contributed by atoms with Crippen molar-refractivity contribution >= 4 is 0 Å². The van der Waals surface area contributed by atoms with Crippen LogP contribution in [0.25, 0.3) is 11.3 Å². The Morgan fingerprint density at radius 3 is 2.65 bits per heavy atom. The lowest BCUT2D eigenvalue weighted by Crippen LogP contribution is -2.01. The second-order valence-electron chi connectivity index (χ2n) is 4.59. The maximum absolute atomic E-state index is 4.45. The van der Waals surface area contributed by atoms with Crippen LogP contribution in [0.5, 0.6) is 0 Å². The van der Waals surface area contributed by atoms with E-state index < -0.39 is 0 Å². The number of aromatic nitrogens is 6. The molecule has 0 unspecified atom stereocenters. The molecule has 6 nitrogen and oxygen atoms in total. The van der Waals surface area contributed by atoms with Crippen LogP contribution < -0.4 is 0 Å². The summed E-state index contributed by atoms with van der Waals surface area (Å²) in [6.45, 7) is 5.48. The van der Waals surface area contributed by atoms with Crippen LogP contribution in [-0.2, 0) is 13.1 Å². The zero-order chi connectivity index (χ0) is 13.9. The Balaban J connectivity index is 1.82. The molecule has 0 spiro atoms. The molecule has 0 aromatic carbocycles. The molecular formula is C14H16N6. The second kappa shape index (κ2) is 5.24. The van der Waals surface area contributed by atoms with Crippen LogP contribution in [0.15, 0.2) is 37.1 Å². The summed E-state index contributed by atoms with van der Waals surface area (Å²) in [6, 6.07) is 3.90. The number of hydrogen-bond acceptors (Lipinski definition) is 4. The molecule has 0 saturated carbocycles. The lowest BCUT2D eigenvalue weighted by Gasteiger charge is -1.98. The van der Waals surface area contributed by atoms with Gasteiger partial charge in [0.25, 0.3) is 0 Å². The van der Waals surface area contributed by atoms with Crippen molar-refractivity contribution in [3.8, 4) is 11.3 Å². The highest BCUT2D eigenvalue weighted by Gasteiger charge is 2.08. The summed E-state index contributed by atoms with van der Waals surface area (Å²) in [5.41, 5.74) is 3.94. The summed E-state index contributed by atoms with van der Waals surface area (Å²) in [6.07, 6.45) is 7.37. The Morgan fingerprint density at radius 1 is 1.15 bits per heavy atom. The summed E-state index contributed by atoms with van der Waals surface area (Å²) in [5.74, 6) is 0. The summed E-state index contributed by atoms with van der Waals surface area (Å²) in [4.78, 5) is 10.1. The molecule has 0 saturated heterocycles. The molecule has 6 heteroatoms. The van der Waals surface area contributed by atoms with E-state index in [-0.39, 0.29) is 0 Å². The maximum atomic E-state index is 4.45. The predicted octanol–water partition coefficient (Wildman–Crippen LogP) is 1.91. The molecule has 3 aromatic rings. The fourth-order valence-electron chi connectivity index (χ4n) is 2.04. The molecule has 0 radical (unpaired) electrons. The lowest BCUT2D eigenvalue weighted by molar-refractivity contribution is 0.558. The van der Waals surface area contributed by atoms with Crippen LogP contribution >= 0.6 is 0 Å². The number of rotatable bonds is 4. The summed E-state index contributed by atoms with van der Waals surface area (Å²) in [5, 5.41) is 8.81. The first-order valence-electron chi connectivity index (χ1n) is 6.59. The first-order chi connectivity index (χ1) is 9.76. The van der Waals surface area contributed by atoms with E-state index in [1.807, 2.05) is 43.1 Å². The average Bonchev–Trinajstić information content (AvgIpc) is 3.08. The minimum atomic E-state index is 0.684. The molecule has 0 atom stereocenters. The van der Waals surface area contributed by atoms with E-state index in [2.05, 4.69) is 20.2 Å². The monoisotopic (exact) mass is 268 g/mol. The fourth-order valence-corrected chi connectivity index (χ4v) is 2.04. The van der Waals surface area contributed by atoms with Crippen molar-refractivity contribution in [2.24, 2.45) is 0 Å². The van der Waals surface area contributed by atoms with Crippen molar-refractivity contribution in [3.63, 3.8) is 0 Å². The van der Waals surface area contributed by atoms with E-state index in [9.17, 15) is 0 Å². The van der Waals surface area contributed by atoms with Gasteiger partial charge in [0.2, 0.25) is 0 Å². The van der Waals surface area contributed by atoms with E-state index in [1.54, 1.807) is 17.2 Å². The van der Waals surface area contributed by atoms with Gasteiger partial charge in [-0.1, -0.05) is 0 Å². The van der Waals surface area contributed by atoms with Crippen molar-refractivity contribution < 1.29 is 0 Å². The van der Waals surface area contributed by atoms with E-state index in [1.165, 1.54) is 0 Å². The van der Waals surface area contributed by atoms with Crippen LogP contribution in [0, 0.1) is 6.92 Å². The lowest BCUT2D eigenvalue weighted by atomic mass is 10.2.